The zero-order valence-corrected chi connectivity index (χ0v) is 11.6. The zero-order valence-electron chi connectivity index (χ0n) is 10.8. The lowest BCUT2D eigenvalue weighted by molar-refractivity contribution is 0.0702. The highest BCUT2D eigenvalue weighted by molar-refractivity contribution is 7.17. The third-order valence-electron chi connectivity index (χ3n) is 3.50. The fourth-order valence-corrected chi connectivity index (χ4v) is 2.93. The summed E-state index contributed by atoms with van der Waals surface area (Å²) in [5.41, 5.74) is 0. The molecule has 0 aromatic carbocycles. The van der Waals surface area contributed by atoms with Crippen LogP contribution in [0.25, 0.3) is 0 Å². The number of carboxylic acids is 1. The molecule has 0 amide bonds. The first-order chi connectivity index (χ1) is 8.61. The van der Waals surface area contributed by atoms with Gasteiger partial charge < -0.3 is 10.0 Å². The van der Waals surface area contributed by atoms with Crippen molar-refractivity contribution < 1.29 is 9.90 Å². The number of piperazine rings is 1. The van der Waals surface area contributed by atoms with Crippen LogP contribution in [0.5, 0.6) is 0 Å². The van der Waals surface area contributed by atoms with Crippen LogP contribution in [-0.2, 0) is 0 Å². The van der Waals surface area contributed by atoms with Crippen LogP contribution in [0.1, 0.15) is 29.9 Å². The van der Waals surface area contributed by atoms with Gasteiger partial charge in [-0.15, -0.1) is 0 Å². The summed E-state index contributed by atoms with van der Waals surface area (Å²) in [6.45, 7) is 8.36. The predicted octanol–water partition coefficient (Wildman–Crippen LogP) is 1.76. The largest absolute Gasteiger partial charge is 0.477 e. The average molecular weight is 269 g/mol. The Labute approximate surface area is 111 Å². The fourth-order valence-electron chi connectivity index (χ4n) is 2.12. The summed E-state index contributed by atoms with van der Waals surface area (Å²) in [5, 5.41) is 9.72. The molecule has 0 saturated carbocycles. The number of nitrogens with zero attached hydrogens (tertiary/aromatic N) is 3. The molecule has 1 aliphatic heterocycles. The Bertz CT molecular complexity index is 413. The molecular weight excluding hydrogens is 250 g/mol. The summed E-state index contributed by atoms with van der Waals surface area (Å²) < 4.78 is 0. The van der Waals surface area contributed by atoms with E-state index >= 15 is 0 Å². The number of rotatable bonds is 4. The molecule has 2 heterocycles. The molecule has 1 unspecified atom stereocenters. The topological polar surface area (TPSA) is 56.7 Å². The fraction of sp³-hybridized carbons (Fsp3) is 0.667. The number of aromatic nitrogens is 1. The molecule has 5 nitrogen and oxygen atoms in total. The Morgan fingerprint density at radius 1 is 1.50 bits per heavy atom. The standard InChI is InChI=1S/C12H19N3O2S/c1-3-9(2)14-4-6-15(7-5-14)12-13-8-10(18-12)11(16)17/h8-9H,3-7H2,1-2H3,(H,16,17). The molecule has 1 fully saturated rings. The van der Waals surface area contributed by atoms with E-state index in [9.17, 15) is 4.79 Å². The van der Waals surface area contributed by atoms with Crippen LogP contribution < -0.4 is 4.90 Å². The van der Waals surface area contributed by atoms with E-state index in [-0.39, 0.29) is 0 Å². The molecule has 2 rings (SSSR count). The van der Waals surface area contributed by atoms with Crippen molar-refractivity contribution in [1.29, 1.82) is 0 Å². The van der Waals surface area contributed by atoms with Gasteiger partial charge in [-0.2, -0.15) is 0 Å². The molecular formula is C12H19N3O2S. The Balaban J connectivity index is 1.94. The van der Waals surface area contributed by atoms with Crippen LogP contribution in [0.15, 0.2) is 6.20 Å². The van der Waals surface area contributed by atoms with Crippen LogP contribution in [0, 0.1) is 0 Å². The van der Waals surface area contributed by atoms with E-state index in [2.05, 4.69) is 28.6 Å². The summed E-state index contributed by atoms with van der Waals surface area (Å²) in [6.07, 6.45) is 2.61. The molecule has 1 N–H and O–H groups in total. The van der Waals surface area contributed by atoms with Crippen LogP contribution in [-0.4, -0.2) is 53.2 Å². The lowest BCUT2D eigenvalue weighted by atomic mass is 10.2. The number of hydrogen-bond donors (Lipinski definition) is 1. The van der Waals surface area contributed by atoms with Crippen molar-refractivity contribution in [2.75, 3.05) is 31.1 Å². The van der Waals surface area contributed by atoms with Gasteiger partial charge in [0.2, 0.25) is 0 Å². The number of carbonyl (C=O) groups is 1. The van der Waals surface area contributed by atoms with Gasteiger partial charge in [-0.1, -0.05) is 18.3 Å². The first-order valence-electron chi connectivity index (χ1n) is 6.30. The second-order valence-corrected chi connectivity index (χ2v) is 5.60. The van der Waals surface area contributed by atoms with Gasteiger partial charge in [0.1, 0.15) is 4.88 Å². The van der Waals surface area contributed by atoms with Gasteiger partial charge in [-0.25, -0.2) is 9.78 Å². The molecule has 0 radical (unpaired) electrons. The van der Waals surface area contributed by atoms with E-state index in [1.165, 1.54) is 24.0 Å². The first kappa shape index (κ1) is 13.3. The Hall–Kier alpha value is -1.14. The Morgan fingerprint density at radius 2 is 2.17 bits per heavy atom. The maximum Gasteiger partial charge on any atom is 0.347 e. The molecule has 0 aliphatic carbocycles. The second-order valence-electron chi connectivity index (χ2n) is 4.59. The van der Waals surface area contributed by atoms with Crippen molar-refractivity contribution in [2.24, 2.45) is 0 Å². The molecule has 1 atom stereocenters. The molecule has 1 aromatic heterocycles. The molecule has 1 saturated heterocycles. The minimum Gasteiger partial charge on any atom is -0.477 e. The third-order valence-corrected chi connectivity index (χ3v) is 4.55. The number of thiazole rings is 1. The zero-order chi connectivity index (χ0) is 13.1. The third kappa shape index (κ3) is 2.81. The van der Waals surface area contributed by atoms with Gasteiger partial charge in [0, 0.05) is 32.2 Å². The summed E-state index contributed by atoms with van der Waals surface area (Å²) in [4.78, 5) is 20.0. The van der Waals surface area contributed by atoms with E-state index in [0.717, 1.165) is 31.3 Å². The lowest BCUT2D eigenvalue weighted by Crippen LogP contribution is -2.49. The van der Waals surface area contributed by atoms with Crippen molar-refractivity contribution in [2.45, 2.75) is 26.3 Å². The van der Waals surface area contributed by atoms with Crippen molar-refractivity contribution in [3.63, 3.8) is 0 Å². The summed E-state index contributed by atoms with van der Waals surface area (Å²) in [5.74, 6) is -0.892. The van der Waals surface area contributed by atoms with Gasteiger partial charge in [0.15, 0.2) is 5.13 Å². The van der Waals surface area contributed by atoms with Crippen molar-refractivity contribution in [1.82, 2.24) is 9.88 Å². The number of hydrogen-bond acceptors (Lipinski definition) is 5. The van der Waals surface area contributed by atoms with Crippen LogP contribution in [0.2, 0.25) is 0 Å². The van der Waals surface area contributed by atoms with Crippen molar-refractivity contribution in [3.8, 4) is 0 Å². The van der Waals surface area contributed by atoms with E-state index in [4.69, 9.17) is 5.11 Å². The van der Waals surface area contributed by atoms with Crippen LogP contribution in [0.3, 0.4) is 0 Å². The molecule has 100 valence electrons. The summed E-state index contributed by atoms with van der Waals surface area (Å²) in [6, 6.07) is 0.623. The Morgan fingerprint density at radius 3 is 2.67 bits per heavy atom. The smallest absolute Gasteiger partial charge is 0.347 e. The van der Waals surface area contributed by atoms with Gasteiger partial charge in [0.25, 0.3) is 0 Å². The molecule has 1 aromatic rings. The van der Waals surface area contributed by atoms with Crippen LogP contribution in [0.4, 0.5) is 5.13 Å². The lowest BCUT2D eigenvalue weighted by Gasteiger charge is -2.37. The SMILES string of the molecule is CCC(C)N1CCN(c2ncc(C(=O)O)s2)CC1. The van der Waals surface area contributed by atoms with E-state index in [0.29, 0.717) is 10.9 Å². The van der Waals surface area contributed by atoms with E-state index in [1.54, 1.807) is 0 Å². The quantitative estimate of drug-likeness (QED) is 0.902. The maximum atomic E-state index is 10.8. The molecule has 1 aliphatic rings. The van der Waals surface area contributed by atoms with Crippen molar-refractivity contribution >= 4 is 22.4 Å². The van der Waals surface area contributed by atoms with Gasteiger partial charge in [-0.05, 0) is 13.3 Å². The highest BCUT2D eigenvalue weighted by atomic mass is 32.1. The van der Waals surface area contributed by atoms with Gasteiger partial charge in [-0.3, -0.25) is 4.90 Å². The minimum atomic E-state index is -0.892. The number of aromatic carboxylic acids is 1. The first-order valence-corrected chi connectivity index (χ1v) is 7.11. The molecule has 6 heteroatoms. The van der Waals surface area contributed by atoms with Gasteiger partial charge in [0.05, 0.1) is 6.20 Å². The highest BCUT2D eigenvalue weighted by Crippen LogP contribution is 2.24. The highest BCUT2D eigenvalue weighted by Gasteiger charge is 2.22. The van der Waals surface area contributed by atoms with Gasteiger partial charge >= 0.3 is 5.97 Å². The molecule has 18 heavy (non-hydrogen) atoms. The monoisotopic (exact) mass is 269 g/mol. The maximum absolute atomic E-state index is 10.8. The van der Waals surface area contributed by atoms with Crippen molar-refractivity contribution in [3.05, 3.63) is 11.1 Å². The average Bonchev–Trinajstić information content (AvgIpc) is 2.88. The Kier molecular flexibility index (Phi) is 4.19. The second kappa shape index (κ2) is 5.67. The van der Waals surface area contributed by atoms with E-state index in [1.807, 2.05) is 0 Å². The minimum absolute atomic E-state index is 0.314. The summed E-state index contributed by atoms with van der Waals surface area (Å²) >= 11 is 1.26. The number of anilines is 1. The number of carboxylic acid groups (broad SMARTS) is 1. The molecule has 0 bridgehead atoms. The molecule has 0 spiro atoms. The van der Waals surface area contributed by atoms with Crippen LogP contribution >= 0.6 is 11.3 Å². The van der Waals surface area contributed by atoms with E-state index < -0.39 is 5.97 Å². The summed E-state index contributed by atoms with van der Waals surface area (Å²) in [7, 11) is 0. The normalized spacial score (nSPS) is 18.9. The predicted molar refractivity (Wildman–Crippen MR) is 72.6 cm³/mol.